The number of carbonyl (C=O) groups is 3. The molecule has 3 aromatic rings. The number of hydrogen-bond acceptors (Lipinski definition) is 4. The third kappa shape index (κ3) is 4.97. The molecule has 2 heterocycles. The van der Waals surface area contributed by atoms with E-state index in [9.17, 15) is 18.8 Å². The highest BCUT2D eigenvalue weighted by atomic mass is 19.1. The van der Waals surface area contributed by atoms with Crippen LogP contribution in [0.3, 0.4) is 0 Å². The molecular weight excluding hydrogens is 427 g/mol. The summed E-state index contributed by atoms with van der Waals surface area (Å²) >= 11 is 0. The number of methoxy groups -OCH3 is 1. The maximum atomic E-state index is 13.5. The number of para-hydroxylation sites is 1. The monoisotopic (exact) mass is 452 g/mol. The molecule has 0 bridgehead atoms. The first-order valence-corrected chi connectivity index (χ1v) is 10.7. The Bertz CT molecular complexity index is 1190. The van der Waals surface area contributed by atoms with E-state index < -0.39 is 12.1 Å². The van der Waals surface area contributed by atoms with Gasteiger partial charge in [0.2, 0.25) is 5.91 Å². The van der Waals surface area contributed by atoms with Crippen molar-refractivity contribution in [3.8, 4) is 5.75 Å². The second kappa shape index (κ2) is 9.72. The summed E-state index contributed by atoms with van der Waals surface area (Å²) in [6, 6.07) is 12.4. The Hall–Kier alpha value is -3.88. The molecule has 0 spiro atoms. The fraction of sp³-hybridized carbons (Fsp3) is 0.292. The quantitative estimate of drug-likeness (QED) is 0.489. The van der Waals surface area contributed by atoms with Crippen LogP contribution in [0.4, 0.5) is 9.18 Å². The molecule has 4 amide bonds. The molecule has 1 atom stereocenters. The zero-order valence-electron chi connectivity index (χ0n) is 18.2. The van der Waals surface area contributed by atoms with Crippen molar-refractivity contribution in [2.45, 2.75) is 32.0 Å². The minimum atomic E-state index is -0.741. The van der Waals surface area contributed by atoms with Crippen molar-refractivity contribution in [1.29, 1.82) is 0 Å². The van der Waals surface area contributed by atoms with Crippen molar-refractivity contribution in [3.63, 3.8) is 0 Å². The van der Waals surface area contributed by atoms with E-state index in [0.717, 1.165) is 21.4 Å². The maximum absolute atomic E-state index is 13.5. The molecule has 1 aliphatic rings. The maximum Gasteiger partial charge on any atom is 0.325 e. The minimum Gasteiger partial charge on any atom is -0.496 e. The number of imide groups is 1. The first kappa shape index (κ1) is 22.3. The van der Waals surface area contributed by atoms with Gasteiger partial charge in [-0.25, -0.2) is 9.18 Å². The van der Waals surface area contributed by atoms with Crippen LogP contribution in [-0.4, -0.2) is 47.0 Å². The highest BCUT2D eigenvalue weighted by Gasteiger charge is 2.38. The number of rotatable bonds is 9. The molecule has 8 nitrogen and oxygen atoms in total. The molecule has 1 saturated heterocycles. The minimum absolute atomic E-state index is 0.0975. The molecule has 1 aromatic heterocycles. The van der Waals surface area contributed by atoms with Crippen molar-refractivity contribution in [1.82, 2.24) is 20.1 Å². The Balaban J connectivity index is 1.25. The molecular formula is C24H25FN4O4. The van der Waals surface area contributed by atoms with Crippen molar-refractivity contribution in [2.75, 3.05) is 13.7 Å². The van der Waals surface area contributed by atoms with Gasteiger partial charge in [-0.05, 0) is 42.1 Å². The average Bonchev–Trinajstić information content (AvgIpc) is 3.33. The summed E-state index contributed by atoms with van der Waals surface area (Å²) in [5, 5.41) is 6.38. The number of carbonyl (C=O) groups excluding carboxylic acids is 3. The summed E-state index contributed by atoms with van der Waals surface area (Å²) < 4.78 is 20.6. The van der Waals surface area contributed by atoms with E-state index in [1.165, 1.54) is 19.2 Å². The summed E-state index contributed by atoms with van der Waals surface area (Å²) in [5.74, 6) is -0.295. The first-order chi connectivity index (χ1) is 16.0. The zero-order valence-corrected chi connectivity index (χ0v) is 18.2. The highest BCUT2D eigenvalue weighted by Crippen LogP contribution is 2.22. The number of hydrogen-bond donors (Lipinski definition) is 2. The van der Waals surface area contributed by atoms with Crippen molar-refractivity contribution >= 4 is 28.7 Å². The number of nitrogens with zero attached hydrogens (tertiary/aromatic N) is 2. The number of amides is 4. The lowest BCUT2D eigenvalue weighted by Crippen LogP contribution is -2.33. The van der Waals surface area contributed by atoms with E-state index in [0.29, 0.717) is 18.8 Å². The van der Waals surface area contributed by atoms with Gasteiger partial charge in [-0.15, -0.1) is 0 Å². The van der Waals surface area contributed by atoms with Crippen LogP contribution in [0.5, 0.6) is 5.75 Å². The molecule has 33 heavy (non-hydrogen) atoms. The Morgan fingerprint density at radius 2 is 2.00 bits per heavy atom. The van der Waals surface area contributed by atoms with Crippen LogP contribution in [0, 0.1) is 5.82 Å². The number of benzene rings is 2. The molecule has 2 N–H and O–H groups in total. The van der Waals surface area contributed by atoms with E-state index in [2.05, 4.69) is 10.6 Å². The number of nitrogens with one attached hydrogen (secondary N) is 2. The van der Waals surface area contributed by atoms with Gasteiger partial charge in [0, 0.05) is 31.3 Å². The molecule has 1 fully saturated rings. The van der Waals surface area contributed by atoms with Crippen LogP contribution in [0.2, 0.25) is 0 Å². The summed E-state index contributed by atoms with van der Waals surface area (Å²) in [5.41, 5.74) is 1.48. The van der Waals surface area contributed by atoms with Gasteiger partial charge in [-0.3, -0.25) is 14.5 Å². The summed E-state index contributed by atoms with van der Waals surface area (Å²) in [6.45, 7) is 0.956. The molecule has 4 rings (SSSR count). The Morgan fingerprint density at radius 1 is 1.18 bits per heavy atom. The predicted molar refractivity (Wildman–Crippen MR) is 120 cm³/mol. The molecule has 0 radical (unpaired) electrons. The summed E-state index contributed by atoms with van der Waals surface area (Å²) in [6.07, 6.45) is 2.15. The largest absolute Gasteiger partial charge is 0.496 e. The second-order valence-corrected chi connectivity index (χ2v) is 7.84. The molecule has 2 aromatic carbocycles. The lowest BCUT2D eigenvalue weighted by molar-refractivity contribution is -0.128. The zero-order chi connectivity index (χ0) is 23.4. The summed E-state index contributed by atoms with van der Waals surface area (Å²) in [7, 11) is 1.53. The van der Waals surface area contributed by atoms with Gasteiger partial charge in [0.15, 0.2) is 0 Å². The third-order valence-electron chi connectivity index (χ3n) is 5.70. The number of fused-ring (bicyclic) bond motifs is 1. The van der Waals surface area contributed by atoms with Crippen LogP contribution < -0.4 is 15.4 Å². The molecule has 0 saturated carbocycles. The number of urea groups is 1. The van der Waals surface area contributed by atoms with Gasteiger partial charge in [0.05, 0.1) is 19.2 Å². The van der Waals surface area contributed by atoms with Gasteiger partial charge in [-0.1, -0.05) is 18.2 Å². The Morgan fingerprint density at radius 3 is 2.82 bits per heavy atom. The van der Waals surface area contributed by atoms with E-state index in [4.69, 9.17) is 4.74 Å². The lowest BCUT2D eigenvalue weighted by Gasteiger charge is -2.15. The third-order valence-corrected chi connectivity index (χ3v) is 5.70. The van der Waals surface area contributed by atoms with Crippen molar-refractivity contribution in [2.24, 2.45) is 0 Å². The fourth-order valence-electron chi connectivity index (χ4n) is 3.96. The van der Waals surface area contributed by atoms with Crippen molar-refractivity contribution < 1.29 is 23.5 Å². The summed E-state index contributed by atoms with van der Waals surface area (Å²) in [4.78, 5) is 38.4. The van der Waals surface area contributed by atoms with Crippen LogP contribution in [0.25, 0.3) is 10.9 Å². The topological polar surface area (TPSA) is 92.7 Å². The van der Waals surface area contributed by atoms with Gasteiger partial charge < -0.3 is 19.9 Å². The molecule has 0 unspecified atom stereocenters. The number of halogens is 1. The molecule has 172 valence electrons. The highest BCUT2D eigenvalue weighted by molar-refractivity contribution is 6.04. The predicted octanol–water partition coefficient (Wildman–Crippen LogP) is 2.81. The SMILES string of the molecule is COc1ccccc1CN1C(=O)N[C@@H](CCC(=O)NCCn2ccc3ccc(F)cc32)C1=O. The smallest absolute Gasteiger partial charge is 0.325 e. The Kier molecular flexibility index (Phi) is 6.58. The molecule has 1 aliphatic heterocycles. The van der Waals surface area contributed by atoms with Crippen LogP contribution in [-0.2, 0) is 22.7 Å². The Labute approximate surface area is 190 Å². The van der Waals surface area contributed by atoms with E-state index >= 15 is 0 Å². The second-order valence-electron chi connectivity index (χ2n) is 7.84. The normalized spacial score (nSPS) is 15.7. The van der Waals surface area contributed by atoms with Crippen LogP contribution >= 0.6 is 0 Å². The van der Waals surface area contributed by atoms with Crippen molar-refractivity contribution in [3.05, 3.63) is 66.1 Å². The number of aromatic nitrogens is 1. The van der Waals surface area contributed by atoms with E-state index in [1.807, 2.05) is 29.0 Å². The fourth-order valence-corrected chi connectivity index (χ4v) is 3.96. The van der Waals surface area contributed by atoms with E-state index in [-0.39, 0.29) is 37.0 Å². The standard InChI is InChI=1S/C24H25FN4O4/c1-33-21-5-3-2-4-17(21)15-29-23(31)19(27-24(29)32)8-9-22(30)26-11-13-28-12-10-16-6-7-18(25)14-20(16)28/h2-7,10,12,14,19H,8-9,11,13,15H2,1H3,(H,26,30)(H,27,32)/t19-/m0/s1. The number of ether oxygens (including phenoxy) is 1. The van der Waals surface area contributed by atoms with Crippen LogP contribution in [0.15, 0.2) is 54.7 Å². The van der Waals surface area contributed by atoms with Gasteiger partial charge in [0.25, 0.3) is 5.91 Å². The van der Waals surface area contributed by atoms with E-state index in [1.54, 1.807) is 18.2 Å². The first-order valence-electron chi connectivity index (χ1n) is 10.7. The van der Waals surface area contributed by atoms with Gasteiger partial charge in [-0.2, -0.15) is 0 Å². The average molecular weight is 452 g/mol. The molecule has 9 heteroatoms. The lowest BCUT2D eigenvalue weighted by atomic mass is 10.1. The van der Waals surface area contributed by atoms with Gasteiger partial charge >= 0.3 is 6.03 Å². The van der Waals surface area contributed by atoms with Gasteiger partial charge in [0.1, 0.15) is 17.6 Å². The molecule has 0 aliphatic carbocycles. The van der Waals surface area contributed by atoms with Crippen LogP contribution in [0.1, 0.15) is 18.4 Å².